The monoisotopic (exact) mass is 488 g/mol. The molecule has 1 heterocycles. The van der Waals surface area contributed by atoms with Gasteiger partial charge >= 0.3 is 19.1 Å². The molecule has 0 spiro atoms. The van der Waals surface area contributed by atoms with Crippen LogP contribution in [0.5, 0.6) is 0 Å². The molecule has 5 aliphatic rings. The molecule has 0 N–H and O–H groups in total. The van der Waals surface area contributed by atoms with Gasteiger partial charge in [-0.3, -0.25) is 9.59 Å². The lowest BCUT2D eigenvalue weighted by Crippen LogP contribution is -2.63. The van der Waals surface area contributed by atoms with Crippen molar-refractivity contribution in [2.75, 3.05) is 7.11 Å². The van der Waals surface area contributed by atoms with Gasteiger partial charge in [0.25, 0.3) is 0 Å². The zero-order chi connectivity index (χ0) is 25.1. The van der Waals surface area contributed by atoms with Crippen LogP contribution < -0.4 is 0 Å². The topological polar surface area (TPSA) is 71.1 Å². The number of carbonyl (C=O) groups excluding carboxylic acids is 2. The second-order valence-corrected chi connectivity index (χ2v) is 13.0. The summed E-state index contributed by atoms with van der Waals surface area (Å²) in [6.07, 6.45) is 9.60. The molecule has 4 saturated carbocycles. The highest BCUT2D eigenvalue weighted by Gasteiger charge is 2.67. The van der Waals surface area contributed by atoms with E-state index in [2.05, 4.69) is 20.8 Å². The van der Waals surface area contributed by atoms with Crippen LogP contribution in [0.2, 0.25) is 6.82 Å². The fraction of sp³-hybridized carbons (Fsp3) is 0.929. The van der Waals surface area contributed by atoms with Gasteiger partial charge < -0.3 is 18.8 Å². The highest BCUT2D eigenvalue weighted by Crippen LogP contribution is 2.69. The minimum absolute atomic E-state index is 0.00246. The molecule has 196 valence electrons. The van der Waals surface area contributed by atoms with Crippen molar-refractivity contribution in [3.8, 4) is 0 Å². The highest BCUT2D eigenvalue weighted by atomic mass is 16.7. The molecule has 0 aromatic rings. The average Bonchev–Trinajstić information content (AvgIpc) is 3.37. The number of ether oxygens (including phenoxy) is 2. The number of hydrogen-bond donors (Lipinski definition) is 0. The highest BCUT2D eigenvalue weighted by molar-refractivity contribution is 6.43. The number of rotatable bonds is 5. The molecular weight excluding hydrogens is 443 g/mol. The Morgan fingerprint density at radius 2 is 1.69 bits per heavy atom. The van der Waals surface area contributed by atoms with Crippen LogP contribution in [0.15, 0.2) is 0 Å². The zero-order valence-corrected chi connectivity index (χ0v) is 22.6. The van der Waals surface area contributed by atoms with Crippen LogP contribution in [0.3, 0.4) is 0 Å². The Morgan fingerprint density at radius 1 is 1.00 bits per heavy atom. The Bertz CT molecular complexity index is 834. The van der Waals surface area contributed by atoms with Crippen LogP contribution in [0.4, 0.5) is 0 Å². The third-order valence-corrected chi connectivity index (χ3v) is 11.5. The number of methoxy groups -OCH3 is 1. The summed E-state index contributed by atoms with van der Waals surface area (Å²) < 4.78 is 23.7. The molecule has 11 atom stereocenters. The molecular formula is C28H45BO6. The lowest BCUT2D eigenvalue weighted by molar-refractivity contribution is -0.196. The first-order valence-electron chi connectivity index (χ1n) is 14.1. The maximum atomic E-state index is 11.8. The molecule has 6 nitrogen and oxygen atoms in total. The van der Waals surface area contributed by atoms with Crippen molar-refractivity contribution < 1.29 is 28.4 Å². The third kappa shape index (κ3) is 4.17. The first kappa shape index (κ1) is 25.6. The lowest BCUT2D eigenvalue weighted by atomic mass is 9.43. The summed E-state index contributed by atoms with van der Waals surface area (Å²) >= 11 is 0. The number of fused-ring (bicyclic) bond motifs is 8. The van der Waals surface area contributed by atoms with Crippen LogP contribution in [-0.2, 0) is 28.4 Å². The van der Waals surface area contributed by atoms with Crippen molar-refractivity contribution in [3.63, 3.8) is 0 Å². The summed E-state index contributed by atoms with van der Waals surface area (Å²) in [7, 11) is 1.31. The van der Waals surface area contributed by atoms with Crippen LogP contribution in [-0.4, -0.2) is 44.5 Å². The van der Waals surface area contributed by atoms with Gasteiger partial charge in [0.15, 0.2) is 0 Å². The quantitative estimate of drug-likeness (QED) is 0.387. The van der Waals surface area contributed by atoms with E-state index in [9.17, 15) is 9.59 Å². The minimum atomic E-state index is -0.175. The van der Waals surface area contributed by atoms with Gasteiger partial charge in [-0.1, -0.05) is 20.8 Å². The van der Waals surface area contributed by atoms with Crippen LogP contribution >= 0.6 is 0 Å². The van der Waals surface area contributed by atoms with Gasteiger partial charge in [0.1, 0.15) is 6.10 Å². The molecule has 1 aliphatic heterocycles. The van der Waals surface area contributed by atoms with Gasteiger partial charge in [-0.25, -0.2) is 0 Å². The summed E-state index contributed by atoms with van der Waals surface area (Å²) in [5.74, 6) is 3.05. The minimum Gasteiger partial charge on any atom is -0.469 e. The van der Waals surface area contributed by atoms with Gasteiger partial charge in [0, 0.05) is 13.3 Å². The van der Waals surface area contributed by atoms with E-state index in [0.717, 1.165) is 25.7 Å². The van der Waals surface area contributed by atoms with Gasteiger partial charge in [-0.2, -0.15) is 0 Å². The van der Waals surface area contributed by atoms with E-state index in [1.807, 2.05) is 6.82 Å². The van der Waals surface area contributed by atoms with E-state index in [4.69, 9.17) is 18.8 Å². The molecule has 0 aromatic heterocycles. The van der Waals surface area contributed by atoms with E-state index >= 15 is 0 Å². The van der Waals surface area contributed by atoms with E-state index in [0.29, 0.717) is 41.9 Å². The molecule has 35 heavy (non-hydrogen) atoms. The van der Waals surface area contributed by atoms with Gasteiger partial charge in [0.05, 0.1) is 19.3 Å². The molecule has 5 rings (SSSR count). The number of carbonyl (C=O) groups is 2. The zero-order valence-electron chi connectivity index (χ0n) is 22.6. The van der Waals surface area contributed by atoms with E-state index in [1.165, 1.54) is 39.7 Å². The molecule has 1 saturated heterocycles. The number of hydrogen-bond acceptors (Lipinski definition) is 6. The van der Waals surface area contributed by atoms with Gasteiger partial charge in [0.2, 0.25) is 0 Å². The molecule has 0 bridgehead atoms. The average molecular weight is 488 g/mol. The first-order chi connectivity index (χ1) is 16.6. The van der Waals surface area contributed by atoms with Crippen LogP contribution in [0, 0.1) is 46.3 Å². The van der Waals surface area contributed by atoms with E-state index in [-0.39, 0.29) is 48.2 Å². The largest absolute Gasteiger partial charge is 0.469 e. The third-order valence-electron chi connectivity index (χ3n) is 11.5. The van der Waals surface area contributed by atoms with Gasteiger partial charge in [-0.05, 0) is 105 Å². The van der Waals surface area contributed by atoms with Crippen molar-refractivity contribution in [2.45, 2.75) is 111 Å². The Kier molecular flexibility index (Phi) is 6.83. The Labute approximate surface area is 211 Å². The van der Waals surface area contributed by atoms with Crippen molar-refractivity contribution in [3.05, 3.63) is 0 Å². The van der Waals surface area contributed by atoms with Crippen molar-refractivity contribution in [1.29, 1.82) is 0 Å². The summed E-state index contributed by atoms with van der Waals surface area (Å²) in [6, 6.07) is 0. The van der Waals surface area contributed by atoms with Crippen LogP contribution in [0.25, 0.3) is 0 Å². The smallest absolute Gasteiger partial charge is 0.454 e. The second-order valence-electron chi connectivity index (χ2n) is 13.0. The first-order valence-corrected chi connectivity index (χ1v) is 14.1. The lowest BCUT2D eigenvalue weighted by Gasteiger charge is -2.64. The Balaban J connectivity index is 1.40. The van der Waals surface area contributed by atoms with Crippen molar-refractivity contribution in [1.82, 2.24) is 0 Å². The Hall–Kier alpha value is -1.08. The SMILES string of the molecule is COC(=O)CC[C@@H](C)[C@H]1CC[C@H]2[C@@H]3[C@@H]4OB(C)O[C@@H]4[C@H]4C[C@H](OC(C)=O)CC[C@]4(C)[C@H]3CC[C@]12C. The summed E-state index contributed by atoms with van der Waals surface area (Å²) in [5.41, 5.74) is 0.487. The molecule has 5 fully saturated rings. The summed E-state index contributed by atoms with van der Waals surface area (Å²) in [6.45, 7) is 11.0. The molecule has 7 heteroatoms. The standard InChI is InChI=1S/C28H45BO6/c1-16(7-10-23(31)32-6)19-8-9-20-24-21(12-14-27(19,20)3)28(4)13-11-18(33-17(2)30)15-22(28)25-26(24)35-29(5)34-25/h16,18-22,24-26H,7-15H2,1-6H3/t16-,18-,19-,20+,21+,22-,24+,25-,26+,27-,28-/m1/s1. The predicted molar refractivity (Wildman–Crippen MR) is 133 cm³/mol. The maximum absolute atomic E-state index is 11.8. The van der Waals surface area contributed by atoms with E-state index in [1.54, 1.807) is 0 Å². The second kappa shape index (κ2) is 9.34. The van der Waals surface area contributed by atoms with Crippen LogP contribution in [0.1, 0.15) is 85.5 Å². The maximum Gasteiger partial charge on any atom is 0.454 e. The number of esters is 2. The van der Waals surface area contributed by atoms with E-state index < -0.39 is 0 Å². The fourth-order valence-corrected chi connectivity index (χ4v) is 9.95. The predicted octanol–water partition coefficient (Wildman–Crippen LogP) is 5.29. The fourth-order valence-electron chi connectivity index (χ4n) is 9.95. The van der Waals surface area contributed by atoms with Gasteiger partial charge in [-0.15, -0.1) is 0 Å². The Morgan fingerprint density at radius 3 is 2.40 bits per heavy atom. The summed E-state index contributed by atoms with van der Waals surface area (Å²) in [5, 5.41) is 0. The molecule has 0 aromatic carbocycles. The molecule has 0 unspecified atom stereocenters. The normalized spacial score (nSPS) is 47.2. The van der Waals surface area contributed by atoms with Crippen molar-refractivity contribution >= 4 is 19.1 Å². The molecule has 0 radical (unpaired) electrons. The molecule has 4 aliphatic carbocycles. The summed E-state index contributed by atoms with van der Waals surface area (Å²) in [4.78, 5) is 23.5. The van der Waals surface area contributed by atoms with Crippen molar-refractivity contribution in [2.24, 2.45) is 46.3 Å². The molecule has 0 amide bonds.